The van der Waals surface area contributed by atoms with Crippen LogP contribution in [0.4, 0.5) is 18.0 Å². The molecule has 0 aromatic heterocycles. The lowest BCUT2D eigenvalue weighted by Crippen LogP contribution is -2.41. The maximum atomic E-state index is 14.9. The molecule has 2 rings (SSSR count). The maximum absolute atomic E-state index is 14.9. The van der Waals surface area contributed by atoms with Crippen LogP contribution in [0, 0.1) is 5.82 Å². The van der Waals surface area contributed by atoms with Gasteiger partial charge in [-0.05, 0) is 49.9 Å². The van der Waals surface area contributed by atoms with Crippen molar-refractivity contribution in [1.82, 2.24) is 5.32 Å². The van der Waals surface area contributed by atoms with Gasteiger partial charge in [0, 0.05) is 12.1 Å². The zero-order valence-electron chi connectivity index (χ0n) is 17.3. The van der Waals surface area contributed by atoms with E-state index in [9.17, 15) is 27.9 Å². The molecule has 2 N–H and O–H groups in total. The summed E-state index contributed by atoms with van der Waals surface area (Å²) in [6.45, 7) is 1.80. The number of nitrogens with one attached hydrogen (secondary N) is 1. The standard InChI is InChI=1S/C22H24F3NO5/c1-22(2,3)31-21(29)26-14(10-19(27)28)9-17-16(13-7-5-4-6-8-13)11-15(12-18(17)23)30-20(24)25/h4-8,11-12,14,20H,9-10H2,1-3H3,(H,26,29)(H,27,28)/t14-/m1/s1. The fourth-order valence-corrected chi connectivity index (χ4v) is 2.97. The van der Waals surface area contributed by atoms with E-state index in [0.717, 1.165) is 6.07 Å². The number of carbonyl (C=O) groups is 2. The first-order valence-electron chi connectivity index (χ1n) is 9.48. The van der Waals surface area contributed by atoms with E-state index in [1.54, 1.807) is 51.1 Å². The number of carboxylic acids is 1. The number of hydrogen-bond donors (Lipinski definition) is 2. The first-order chi connectivity index (χ1) is 14.4. The van der Waals surface area contributed by atoms with Crippen molar-refractivity contribution in [2.75, 3.05) is 0 Å². The molecule has 0 saturated heterocycles. The Morgan fingerprint density at radius 2 is 1.77 bits per heavy atom. The highest BCUT2D eigenvalue weighted by Crippen LogP contribution is 2.32. The lowest BCUT2D eigenvalue weighted by Gasteiger charge is -2.24. The largest absolute Gasteiger partial charge is 0.481 e. The fraction of sp³-hybridized carbons (Fsp3) is 0.364. The molecule has 6 nitrogen and oxygen atoms in total. The number of carboxylic acid groups (broad SMARTS) is 1. The number of alkyl carbamates (subject to hydrolysis) is 1. The molecule has 1 atom stereocenters. The Labute approximate surface area is 178 Å². The topological polar surface area (TPSA) is 84.9 Å². The molecule has 0 saturated carbocycles. The van der Waals surface area contributed by atoms with Gasteiger partial charge in [-0.3, -0.25) is 4.79 Å². The highest BCUT2D eigenvalue weighted by atomic mass is 19.3. The third kappa shape index (κ3) is 7.84. The number of rotatable bonds is 8. The van der Waals surface area contributed by atoms with Crippen LogP contribution in [-0.2, 0) is 16.0 Å². The van der Waals surface area contributed by atoms with Crippen LogP contribution in [-0.4, -0.2) is 35.4 Å². The Balaban J connectivity index is 2.42. The van der Waals surface area contributed by atoms with E-state index in [4.69, 9.17) is 4.74 Å². The number of hydrogen-bond acceptors (Lipinski definition) is 4. The van der Waals surface area contributed by atoms with Crippen molar-refractivity contribution in [3.63, 3.8) is 0 Å². The SMILES string of the molecule is CC(C)(C)OC(=O)N[C@@H](CC(=O)O)Cc1c(F)cc(OC(F)F)cc1-c1ccccc1. The van der Waals surface area contributed by atoms with Crippen LogP contribution in [0.1, 0.15) is 32.8 Å². The number of aliphatic carboxylic acids is 1. The first-order valence-corrected chi connectivity index (χ1v) is 9.48. The minimum absolute atomic E-state index is 0.0510. The minimum Gasteiger partial charge on any atom is -0.481 e. The van der Waals surface area contributed by atoms with Gasteiger partial charge in [0.2, 0.25) is 0 Å². The number of halogens is 3. The zero-order chi connectivity index (χ0) is 23.2. The summed E-state index contributed by atoms with van der Waals surface area (Å²) in [5, 5.41) is 11.7. The lowest BCUT2D eigenvalue weighted by atomic mass is 9.93. The molecule has 0 fully saturated rings. The second-order valence-corrected chi connectivity index (χ2v) is 7.82. The molecule has 31 heavy (non-hydrogen) atoms. The van der Waals surface area contributed by atoms with Crippen molar-refractivity contribution in [3.05, 3.63) is 53.8 Å². The van der Waals surface area contributed by atoms with E-state index < -0.39 is 42.6 Å². The van der Waals surface area contributed by atoms with E-state index in [1.165, 1.54) is 6.07 Å². The quantitative estimate of drug-likeness (QED) is 0.604. The molecule has 0 aliphatic rings. The number of carbonyl (C=O) groups excluding carboxylic acids is 1. The van der Waals surface area contributed by atoms with Gasteiger partial charge in [0.1, 0.15) is 17.2 Å². The predicted molar refractivity (Wildman–Crippen MR) is 108 cm³/mol. The summed E-state index contributed by atoms with van der Waals surface area (Å²) in [6, 6.07) is 9.46. The Hall–Kier alpha value is -3.23. The van der Waals surface area contributed by atoms with E-state index in [1.807, 2.05) is 0 Å². The molecule has 2 aromatic carbocycles. The third-order valence-electron chi connectivity index (χ3n) is 4.07. The van der Waals surface area contributed by atoms with Gasteiger partial charge >= 0.3 is 18.7 Å². The molecule has 0 heterocycles. The Morgan fingerprint density at radius 3 is 2.32 bits per heavy atom. The second kappa shape index (κ2) is 10.2. The molecule has 0 spiro atoms. The minimum atomic E-state index is -3.14. The van der Waals surface area contributed by atoms with Gasteiger partial charge in [-0.25, -0.2) is 9.18 Å². The smallest absolute Gasteiger partial charge is 0.407 e. The number of alkyl halides is 2. The van der Waals surface area contributed by atoms with Gasteiger partial charge in [-0.15, -0.1) is 0 Å². The molecule has 9 heteroatoms. The van der Waals surface area contributed by atoms with Crippen LogP contribution < -0.4 is 10.1 Å². The van der Waals surface area contributed by atoms with E-state index in [0.29, 0.717) is 5.56 Å². The van der Waals surface area contributed by atoms with Crippen LogP contribution >= 0.6 is 0 Å². The Kier molecular flexibility index (Phi) is 7.90. The monoisotopic (exact) mass is 439 g/mol. The van der Waals surface area contributed by atoms with Crippen LogP contribution in [0.3, 0.4) is 0 Å². The summed E-state index contributed by atoms with van der Waals surface area (Å²) in [7, 11) is 0. The van der Waals surface area contributed by atoms with Gasteiger partial charge < -0.3 is 19.9 Å². The van der Waals surface area contributed by atoms with Gasteiger partial charge in [-0.1, -0.05) is 30.3 Å². The fourth-order valence-electron chi connectivity index (χ4n) is 2.97. The summed E-state index contributed by atoms with van der Waals surface area (Å²) in [4.78, 5) is 23.4. The van der Waals surface area contributed by atoms with Crippen LogP contribution in [0.2, 0.25) is 0 Å². The van der Waals surface area contributed by atoms with E-state index in [2.05, 4.69) is 10.1 Å². The Morgan fingerprint density at radius 1 is 1.13 bits per heavy atom. The van der Waals surface area contributed by atoms with E-state index in [-0.39, 0.29) is 23.3 Å². The zero-order valence-corrected chi connectivity index (χ0v) is 17.3. The van der Waals surface area contributed by atoms with Crippen molar-refractivity contribution >= 4 is 12.1 Å². The number of amides is 1. The molecule has 168 valence electrons. The van der Waals surface area contributed by atoms with Gasteiger partial charge in [0.25, 0.3) is 0 Å². The van der Waals surface area contributed by atoms with Crippen LogP contribution in [0.25, 0.3) is 11.1 Å². The van der Waals surface area contributed by atoms with Crippen LogP contribution in [0.5, 0.6) is 5.75 Å². The number of benzene rings is 2. The van der Waals surface area contributed by atoms with Gasteiger partial charge in [-0.2, -0.15) is 8.78 Å². The molecule has 1 amide bonds. The van der Waals surface area contributed by atoms with Crippen molar-refractivity contribution in [2.45, 2.75) is 51.9 Å². The van der Waals surface area contributed by atoms with Crippen LogP contribution in [0.15, 0.2) is 42.5 Å². The molecule has 2 aromatic rings. The third-order valence-corrected chi connectivity index (χ3v) is 4.07. The van der Waals surface area contributed by atoms with Gasteiger partial charge in [0.05, 0.1) is 6.42 Å². The molecule has 0 radical (unpaired) electrons. The first kappa shape index (κ1) is 24.0. The van der Waals surface area contributed by atoms with Crippen molar-refractivity contribution in [2.24, 2.45) is 0 Å². The van der Waals surface area contributed by atoms with Crippen molar-refractivity contribution < 1.29 is 37.3 Å². The molecular weight excluding hydrogens is 415 g/mol. The normalized spacial score (nSPS) is 12.4. The maximum Gasteiger partial charge on any atom is 0.407 e. The summed E-state index contributed by atoms with van der Waals surface area (Å²) in [5.41, 5.74) is 0.00208. The summed E-state index contributed by atoms with van der Waals surface area (Å²) < 4.78 is 49.7. The predicted octanol–water partition coefficient (Wildman–Crippen LogP) is 5.00. The molecular formula is C22H24F3NO5. The number of ether oxygens (including phenoxy) is 2. The summed E-state index contributed by atoms with van der Waals surface area (Å²) >= 11 is 0. The average Bonchev–Trinajstić information content (AvgIpc) is 2.61. The van der Waals surface area contributed by atoms with Gasteiger partial charge in [0.15, 0.2) is 0 Å². The van der Waals surface area contributed by atoms with Crippen molar-refractivity contribution in [1.29, 1.82) is 0 Å². The lowest BCUT2D eigenvalue weighted by molar-refractivity contribution is -0.137. The molecule has 0 bridgehead atoms. The highest BCUT2D eigenvalue weighted by Gasteiger charge is 2.25. The summed E-state index contributed by atoms with van der Waals surface area (Å²) in [6.07, 6.45) is -1.56. The van der Waals surface area contributed by atoms with Crippen molar-refractivity contribution in [3.8, 4) is 16.9 Å². The molecule has 0 aliphatic heterocycles. The average molecular weight is 439 g/mol. The van der Waals surface area contributed by atoms with E-state index >= 15 is 0 Å². The second-order valence-electron chi connectivity index (χ2n) is 7.82. The Bertz CT molecular complexity index is 913. The molecule has 0 aliphatic carbocycles. The molecule has 0 unspecified atom stereocenters. The highest BCUT2D eigenvalue weighted by molar-refractivity contribution is 5.73. The summed E-state index contributed by atoms with van der Waals surface area (Å²) in [5.74, 6) is -2.44.